The highest BCUT2D eigenvalue weighted by atomic mass is 35.5. The highest BCUT2D eigenvalue weighted by Gasteiger charge is 2.05. The summed E-state index contributed by atoms with van der Waals surface area (Å²) in [4.78, 5) is 4.34. The van der Waals surface area contributed by atoms with E-state index in [-0.39, 0.29) is 5.17 Å². The van der Waals surface area contributed by atoms with E-state index >= 15 is 0 Å². The van der Waals surface area contributed by atoms with Gasteiger partial charge in [-0.25, -0.2) is 0 Å². The maximum absolute atomic E-state index is 7.34. The smallest absolute Gasteiger partial charge is 0.130 e. The summed E-state index contributed by atoms with van der Waals surface area (Å²) in [5.41, 5.74) is 9.27. The summed E-state index contributed by atoms with van der Waals surface area (Å²) in [5, 5.41) is 7.33. The van der Waals surface area contributed by atoms with Crippen molar-refractivity contribution in [3.05, 3.63) is 41.5 Å². The van der Waals surface area contributed by atoms with Crippen molar-refractivity contribution in [1.82, 2.24) is 0 Å². The Kier molecular flexibility index (Phi) is 3.59. The van der Waals surface area contributed by atoms with Crippen LogP contribution in [0, 0.1) is 5.41 Å². The number of hydrogen-bond donors (Lipinski definition) is 2. The van der Waals surface area contributed by atoms with Gasteiger partial charge < -0.3 is 5.73 Å². The van der Waals surface area contributed by atoms with Crippen LogP contribution in [0.25, 0.3) is 0 Å². The first-order valence-corrected chi connectivity index (χ1v) is 5.87. The van der Waals surface area contributed by atoms with Crippen LogP contribution >= 0.6 is 11.6 Å². The van der Waals surface area contributed by atoms with Crippen molar-refractivity contribution in [2.45, 2.75) is 12.8 Å². The SMILES string of the molecule is N=C(Cl)c1ccc(CCC2=NCC=C2)cc1N. The van der Waals surface area contributed by atoms with Crippen LogP contribution in [0.2, 0.25) is 0 Å². The number of nitrogen functional groups attached to an aromatic ring is 1. The first-order chi connectivity index (χ1) is 8.16. The Morgan fingerprint density at radius 3 is 2.82 bits per heavy atom. The average molecular weight is 248 g/mol. The van der Waals surface area contributed by atoms with Crippen LogP contribution in [-0.2, 0) is 6.42 Å². The van der Waals surface area contributed by atoms with Gasteiger partial charge in [0.1, 0.15) is 5.17 Å². The molecule has 0 amide bonds. The van der Waals surface area contributed by atoms with E-state index in [0.29, 0.717) is 11.3 Å². The molecule has 0 saturated carbocycles. The minimum atomic E-state index is -0.0165. The molecular weight excluding hydrogens is 234 g/mol. The molecular formula is C13H14ClN3. The molecule has 0 aromatic heterocycles. The molecule has 1 aromatic rings. The van der Waals surface area contributed by atoms with Crippen molar-refractivity contribution in [1.29, 1.82) is 5.41 Å². The highest BCUT2D eigenvalue weighted by Crippen LogP contribution is 2.18. The van der Waals surface area contributed by atoms with E-state index in [4.69, 9.17) is 22.7 Å². The summed E-state index contributed by atoms with van der Waals surface area (Å²) in [5.74, 6) is 0. The quantitative estimate of drug-likeness (QED) is 0.624. The third-order valence-corrected chi connectivity index (χ3v) is 2.94. The van der Waals surface area contributed by atoms with Gasteiger partial charge in [-0.15, -0.1) is 0 Å². The van der Waals surface area contributed by atoms with Crippen LogP contribution in [0.15, 0.2) is 35.3 Å². The number of allylic oxidation sites excluding steroid dienone is 1. The Balaban J connectivity index is 2.04. The van der Waals surface area contributed by atoms with Crippen LogP contribution in [0.5, 0.6) is 0 Å². The van der Waals surface area contributed by atoms with Crippen molar-refractivity contribution in [2.24, 2.45) is 4.99 Å². The first kappa shape index (κ1) is 11.9. The lowest BCUT2D eigenvalue weighted by molar-refractivity contribution is 1.04. The number of hydrogen-bond acceptors (Lipinski definition) is 3. The van der Waals surface area contributed by atoms with Crippen LogP contribution in [-0.4, -0.2) is 17.4 Å². The fourth-order valence-electron chi connectivity index (χ4n) is 1.81. The second-order valence-electron chi connectivity index (χ2n) is 3.97. The third kappa shape index (κ3) is 2.94. The molecule has 0 saturated heterocycles. The van der Waals surface area contributed by atoms with Gasteiger partial charge in [0, 0.05) is 17.0 Å². The van der Waals surface area contributed by atoms with Crippen molar-refractivity contribution in [3.8, 4) is 0 Å². The number of aryl methyl sites for hydroxylation is 1. The Morgan fingerprint density at radius 1 is 1.41 bits per heavy atom. The second-order valence-corrected chi connectivity index (χ2v) is 4.35. The van der Waals surface area contributed by atoms with Crippen molar-refractivity contribution in [2.75, 3.05) is 12.3 Å². The molecule has 0 atom stereocenters. The van der Waals surface area contributed by atoms with Crippen LogP contribution in [0.1, 0.15) is 17.5 Å². The zero-order valence-corrected chi connectivity index (χ0v) is 10.2. The van der Waals surface area contributed by atoms with Gasteiger partial charge in [-0.3, -0.25) is 10.4 Å². The lowest BCUT2D eigenvalue weighted by Gasteiger charge is -2.06. The van der Waals surface area contributed by atoms with E-state index in [1.165, 1.54) is 0 Å². The van der Waals surface area contributed by atoms with Gasteiger partial charge in [-0.05, 0) is 36.6 Å². The maximum atomic E-state index is 7.34. The average Bonchev–Trinajstić information content (AvgIpc) is 2.78. The number of halogens is 1. The molecule has 3 N–H and O–H groups in total. The maximum Gasteiger partial charge on any atom is 0.130 e. The number of aliphatic imine (C=N–C) groups is 1. The third-order valence-electron chi connectivity index (χ3n) is 2.73. The predicted molar refractivity (Wildman–Crippen MR) is 73.3 cm³/mol. The van der Waals surface area contributed by atoms with Crippen LogP contribution in [0.3, 0.4) is 0 Å². The summed E-state index contributed by atoms with van der Waals surface area (Å²) < 4.78 is 0. The molecule has 88 valence electrons. The normalized spacial score (nSPS) is 13.8. The van der Waals surface area contributed by atoms with Gasteiger partial charge in [0.15, 0.2) is 0 Å². The molecule has 4 heteroatoms. The van der Waals surface area contributed by atoms with E-state index in [1.807, 2.05) is 12.1 Å². The van der Waals surface area contributed by atoms with E-state index in [2.05, 4.69) is 17.1 Å². The molecule has 0 aliphatic carbocycles. The van der Waals surface area contributed by atoms with Crippen LogP contribution < -0.4 is 5.73 Å². The number of nitrogens with two attached hydrogens (primary N) is 1. The monoisotopic (exact) mass is 247 g/mol. The molecule has 0 bridgehead atoms. The summed E-state index contributed by atoms with van der Waals surface area (Å²) in [6, 6.07) is 5.64. The van der Waals surface area contributed by atoms with E-state index in [0.717, 1.165) is 30.7 Å². The fraction of sp³-hybridized carbons (Fsp3) is 0.231. The minimum Gasteiger partial charge on any atom is -0.398 e. The van der Waals surface area contributed by atoms with Crippen LogP contribution in [0.4, 0.5) is 5.69 Å². The van der Waals surface area contributed by atoms with Gasteiger partial charge in [0.05, 0.1) is 6.54 Å². The standard InChI is InChI=1S/C13H14ClN3/c14-13(16)11-6-4-9(8-12(11)15)3-5-10-2-1-7-17-10/h1-2,4,6,8,16H,3,5,7,15H2. The zero-order valence-electron chi connectivity index (χ0n) is 9.41. The number of rotatable bonds is 4. The molecule has 17 heavy (non-hydrogen) atoms. The summed E-state index contributed by atoms with van der Waals surface area (Å²) in [6.07, 6.45) is 5.95. The van der Waals surface area contributed by atoms with E-state index in [9.17, 15) is 0 Å². The molecule has 0 fully saturated rings. The fourth-order valence-corrected chi connectivity index (χ4v) is 1.99. The number of nitrogens with one attached hydrogen (secondary N) is 1. The summed E-state index contributed by atoms with van der Waals surface area (Å²) in [6.45, 7) is 0.805. The minimum absolute atomic E-state index is 0.0165. The number of nitrogens with zero attached hydrogens (tertiary/aromatic N) is 1. The number of benzene rings is 1. The van der Waals surface area contributed by atoms with Crippen molar-refractivity contribution >= 4 is 28.2 Å². The van der Waals surface area contributed by atoms with Gasteiger partial charge in [0.25, 0.3) is 0 Å². The Labute approximate surface area is 106 Å². The molecule has 2 rings (SSSR count). The lowest BCUT2D eigenvalue weighted by atomic mass is 10.0. The Hall–Kier alpha value is -1.61. The van der Waals surface area contributed by atoms with Crippen molar-refractivity contribution in [3.63, 3.8) is 0 Å². The van der Waals surface area contributed by atoms with Gasteiger partial charge in [-0.1, -0.05) is 23.7 Å². The highest BCUT2D eigenvalue weighted by molar-refractivity contribution is 6.69. The number of anilines is 1. The molecule has 3 nitrogen and oxygen atoms in total. The van der Waals surface area contributed by atoms with Crippen molar-refractivity contribution < 1.29 is 0 Å². The molecule has 1 aliphatic rings. The first-order valence-electron chi connectivity index (χ1n) is 5.49. The lowest BCUT2D eigenvalue weighted by Crippen LogP contribution is -2.00. The molecule has 1 aromatic carbocycles. The summed E-state index contributed by atoms with van der Waals surface area (Å²) in [7, 11) is 0. The van der Waals surface area contributed by atoms with Gasteiger partial charge in [-0.2, -0.15) is 0 Å². The molecule has 0 spiro atoms. The van der Waals surface area contributed by atoms with Gasteiger partial charge in [0.2, 0.25) is 0 Å². The topological polar surface area (TPSA) is 62.2 Å². The molecule has 1 aliphatic heterocycles. The van der Waals surface area contributed by atoms with E-state index < -0.39 is 0 Å². The molecule has 0 radical (unpaired) electrons. The Morgan fingerprint density at radius 2 is 2.24 bits per heavy atom. The molecule has 0 unspecified atom stereocenters. The Bertz CT molecular complexity index is 503. The summed E-state index contributed by atoms with van der Waals surface area (Å²) >= 11 is 5.62. The molecule has 1 heterocycles. The van der Waals surface area contributed by atoms with E-state index in [1.54, 1.807) is 6.07 Å². The second kappa shape index (κ2) is 5.15. The zero-order chi connectivity index (χ0) is 12.3. The predicted octanol–water partition coefficient (Wildman–Crippen LogP) is 2.78. The largest absolute Gasteiger partial charge is 0.398 e. The van der Waals surface area contributed by atoms with Gasteiger partial charge >= 0.3 is 0 Å².